The van der Waals surface area contributed by atoms with E-state index in [1.54, 1.807) is 7.11 Å². The third kappa shape index (κ3) is 10.5. The summed E-state index contributed by atoms with van der Waals surface area (Å²) < 4.78 is 10.8. The van der Waals surface area contributed by atoms with Crippen molar-refractivity contribution in [3.05, 3.63) is 0 Å². The summed E-state index contributed by atoms with van der Waals surface area (Å²) >= 11 is 0. The van der Waals surface area contributed by atoms with Crippen molar-refractivity contribution in [2.24, 2.45) is 5.92 Å². The van der Waals surface area contributed by atoms with Crippen molar-refractivity contribution in [1.82, 2.24) is 9.80 Å². The predicted octanol–water partition coefficient (Wildman–Crippen LogP) is 2.87. The summed E-state index contributed by atoms with van der Waals surface area (Å²) in [5.74, 6) is 0.841. The highest BCUT2D eigenvalue weighted by Gasteiger charge is 2.15. The molecule has 1 saturated heterocycles. The molecule has 0 unspecified atom stereocenters. The number of unbranched alkanes of at least 4 members (excludes halogenated alkanes) is 2. The number of methoxy groups -OCH3 is 1. The number of hydrogen-bond donors (Lipinski definition) is 0. The van der Waals surface area contributed by atoms with Crippen LogP contribution in [0.2, 0.25) is 0 Å². The minimum absolute atomic E-state index is 0.841. The van der Waals surface area contributed by atoms with E-state index in [-0.39, 0.29) is 0 Å². The molecular weight excluding hydrogens is 276 g/mol. The Morgan fingerprint density at radius 2 is 1.41 bits per heavy atom. The zero-order valence-corrected chi connectivity index (χ0v) is 15.2. The van der Waals surface area contributed by atoms with Crippen LogP contribution in [0.3, 0.4) is 0 Å². The van der Waals surface area contributed by atoms with Gasteiger partial charge in [0.1, 0.15) is 0 Å². The van der Waals surface area contributed by atoms with Gasteiger partial charge in [-0.3, -0.25) is 4.90 Å². The average molecular weight is 315 g/mol. The molecule has 0 saturated carbocycles. The summed E-state index contributed by atoms with van der Waals surface area (Å²) in [5.41, 5.74) is 0. The van der Waals surface area contributed by atoms with Crippen LogP contribution in [0, 0.1) is 5.92 Å². The second-order valence-corrected chi connectivity index (χ2v) is 6.89. The third-order valence-corrected chi connectivity index (χ3v) is 4.41. The van der Waals surface area contributed by atoms with E-state index < -0.39 is 0 Å². The van der Waals surface area contributed by atoms with Gasteiger partial charge in [0.25, 0.3) is 0 Å². The lowest BCUT2D eigenvalue weighted by molar-refractivity contribution is 0.0725. The molecule has 0 aliphatic carbocycles. The van der Waals surface area contributed by atoms with Gasteiger partial charge in [-0.25, -0.2) is 0 Å². The van der Waals surface area contributed by atoms with E-state index in [4.69, 9.17) is 9.47 Å². The maximum absolute atomic E-state index is 5.74. The first-order chi connectivity index (χ1) is 10.7. The molecule has 0 bridgehead atoms. The van der Waals surface area contributed by atoms with E-state index >= 15 is 0 Å². The van der Waals surface area contributed by atoms with Crippen LogP contribution in [0.5, 0.6) is 0 Å². The molecule has 0 aromatic heterocycles. The Balaban J connectivity index is 1.88. The van der Waals surface area contributed by atoms with E-state index in [2.05, 4.69) is 23.6 Å². The van der Waals surface area contributed by atoms with Crippen LogP contribution in [0.4, 0.5) is 0 Å². The highest BCUT2D eigenvalue weighted by molar-refractivity contribution is 4.71. The van der Waals surface area contributed by atoms with Crippen molar-refractivity contribution in [3.63, 3.8) is 0 Å². The molecule has 0 aromatic rings. The Morgan fingerprint density at radius 3 is 2.05 bits per heavy atom. The molecule has 0 radical (unpaired) electrons. The number of ether oxygens (including phenoxy) is 2. The second kappa shape index (κ2) is 13.3. The van der Waals surface area contributed by atoms with Crippen LogP contribution in [0.25, 0.3) is 0 Å². The topological polar surface area (TPSA) is 24.9 Å². The average Bonchev–Trinajstić information content (AvgIpc) is 2.51. The number of rotatable bonds is 13. The summed E-state index contributed by atoms with van der Waals surface area (Å²) in [6, 6.07) is 0. The summed E-state index contributed by atoms with van der Waals surface area (Å²) in [7, 11) is 1.76. The van der Waals surface area contributed by atoms with Crippen LogP contribution < -0.4 is 0 Å². The van der Waals surface area contributed by atoms with Crippen LogP contribution in [0.1, 0.15) is 46.0 Å². The molecule has 1 aliphatic heterocycles. The molecular formula is C18H38N2O2. The molecule has 1 aliphatic rings. The molecule has 0 N–H and O–H groups in total. The van der Waals surface area contributed by atoms with Crippen molar-refractivity contribution in [2.75, 3.05) is 66.2 Å². The fourth-order valence-corrected chi connectivity index (χ4v) is 2.88. The Bertz CT molecular complexity index is 241. The zero-order chi connectivity index (χ0) is 16.0. The maximum Gasteiger partial charge on any atom is 0.0593 e. The SMILES string of the molecule is COCCCCCOCCN1CCN(CCCC(C)C)CC1. The maximum atomic E-state index is 5.74. The summed E-state index contributed by atoms with van der Waals surface area (Å²) in [5, 5.41) is 0. The quantitative estimate of drug-likeness (QED) is 0.488. The van der Waals surface area contributed by atoms with Crippen molar-refractivity contribution in [2.45, 2.75) is 46.0 Å². The Labute approximate surface area is 138 Å². The molecule has 0 aromatic carbocycles. The smallest absolute Gasteiger partial charge is 0.0593 e. The van der Waals surface area contributed by atoms with E-state index in [0.717, 1.165) is 45.1 Å². The highest BCUT2D eigenvalue weighted by Crippen LogP contribution is 2.07. The minimum Gasteiger partial charge on any atom is -0.385 e. The van der Waals surface area contributed by atoms with Crippen LogP contribution in [-0.4, -0.2) is 76.0 Å². The lowest BCUT2D eigenvalue weighted by Gasteiger charge is -2.34. The minimum atomic E-state index is 0.841. The van der Waals surface area contributed by atoms with E-state index in [1.165, 1.54) is 52.0 Å². The van der Waals surface area contributed by atoms with Crippen LogP contribution in [-0.2, 0) is 9.47 Å². The van der Waals surface area contributed by atoms with Gasteiger partial charge >= 0.3 is 0 Å². The predicted molar refractivity (Wildman–Crippen MR) is 93.5 cm³/mol. The molecule has 22 heavy (non-hydrogen) atoms. The van der Waals surface area contributed by atoms with Gasteiger partial charge in [-0.1, -0.05) is 13.8 Å². The fraction of sp³-hybridized carbons (Fsp3) is 1.00. The third-order valence-electron chi connectivity index (χ3n) is 4.41. The van der Waals surface area contributed by atoms with Crippen LogP contribution in [0.15, 0.2) is 0 Å². The Kier molecular flexibility index (Phi) is 12.0. The van der Waals surface area contributed by atoms with Gasteiger partial charge in [0, 0.05) is 53.0 Å². The molecule has 1 fully saturated rings. The Hall–Kier alpha value is -0.160. The monoisotopic (exact) mass is 314 g/mol. The largest absolute Gasteiger partial charge is 0.385 e. The molecule has 132 valence electrons. The molecule has 1 heterocycles. The highest BCUT2D eigenvalue weighted by atomic mass is 16.5. The van der Waals surface area contributed by atoms with Gasteiger partial charge in [0.15, 0.2) is 0 Å². The standard InChI is InChI=1S/C18H38N2O2/c1-18(2)8-7-9-19-10-12-20(13-11-19)14-17-22-16-6-4-5-15-21-3/h18H,4-17H2,1-3H3. The number of hydrogen-bond acceptors (Lipinski definition) is 4. The summed E-state index contributed by atoms with van der Waals surface area (Å²) in [4.78, 5) is 5.17. The molecule has 0 atom stereocenters. The number of piperazine rings is 1. The fourth-order valence-electron chi connectivity index (χ4n) is 2.88. The van der Waals surface area contributed by atoms with E-state index in [0.29, 0.717) is 0 Å². The molecule has 0 spiro atoms. The first-order valence-electron chi connectivity index (χ1n) is 9.23. The van der Waals surface area contributed by atoms with E-state index in [1.807, 2.05) is 0 Å². The summed E-state index contributed by atoms with van der Waals surface area (Å²) in [6.45, 7) is 14.5. The first kappa shape index (κ1) is 19.9. The molecule has 1 rings (SSSR count). The van der Waals surface area contributed by atoms with Gasteiger partial charge in [-0.05, 0) is 44.6 Å². The number of nitrogens with zero attached hydrogens (tertiary/aromatic N) is 2. The van der Waals surface area contributed by atoms with Gasteiger partial charge < -0.3 is 14.4 Å². The van der Waals surface area contributed by atoms with Gasteiger partial charge in [0.05, 0.1) is 6.61 Å². The zero-order valence-electron chi connectivity index (χ0n) is 15.2. The van der Waals surface area contributed by atoms with Crippen molar-refractivity contribution < 1.29 is 9.47 Å². The molecule has 4 nitrogen and oxygen atoms in total. The van der Waals surface area contributed by atoms with Crippen molar-refractivity contribution >= 4 is 0 Å². The lowest BCUT2D eigenvalue weighted by Crippen LogP contribution is -2.47. The lowest BCUT2D eigenvalue weighted by atomic mass is 10.1. The normalized spacial score (nSPS) is 17.5. The molecule has 4 heteroatoms. The molecule has 0 amide bonds. The Morgan fingerprint density at radius 1 is 0.773 bits per heavy atom. The van der Waals surface area contributed by atoms with E-state index in [9.17, 15) is 0 Å². The van der Waals surface area contributed by atoms with Gasteiger partial charge in [0.2, 0.25) is 0 Å². The van der Waals surface area contributed by atoms with Crippen molar-refractivity contribution in [3.8, 4) is 0 Å². The summed E-state index contributed by atoms with van der Waals surface area (Å²) in [6.07, 6.45) is 6.23. The first-order valence-corrected chi connectivity index (χ1v) is 9.23. The van der Waals surface area contributed by atoms with Crippen LogP contribution >= 0.6 is 0 Å². The van der Waals surface area contributed by atoms with Gasteiger partial charge in [-0.2, -0.15) is 0 Å². The second-order valence-electron chi connectivity index (χ2n) is 6.89. The van der Waals surface area contributed by atoms with Crippen molar-refractivity contribution in [1.29, 1.82) is 0 Å². The van der Waals surface area contributed by atoms with Gasteiger partial charge in [-0.15, -0.1) is 0 Å².